The number of carbonyl (C=O) groups is 1. The highest BCUT2D eigenvalue weighted by atomic mass is 32.2. The summed E-state index contributed by atoms with van der Waals surface area (Å²) < 4.78 is 34.1. The van der Waals surface area contributed by atoms with E-state index < -0.39 is 10.0 Å². The summed E-state index contributed by atoms with van der Waals surface area (Å²) in [5.41, 5.74) is 1.67. The van der Waals surface area contributed by atoms with Crippen LogP contribution in [0.25, 0.3) is 10.2 Å². The third kappa shape index (κ3) is 6.01. The topological polar surface area (TPSA) is 91.8 Å². The predicted molar refractivity (Wildman–Crippen MR) is 145 cm³/mol. The number of benzene rings is 3. The van der Waals surface area contributed by atoms with Gasteiger partial charge in [-0.15, -0.1) is 0 Å². The molecule has 1 amide bonds. The van der Waals surface area contributed by atoms with Gasteiger partial charge in [-0.1, -0.05) is 23.5 Å². The second-order valence-corrected chi connectivity index (χ2v) is 11.1. The van der Waals surface area contributed by atoms with Gasteiger partial charge in [-0.25, -0.2) is 13.4 Å². The van der Waals surface area contributed by atoms with Crippen molar-refractivity contribution in [1.82, 2.24) is 9.88 Å². The van der Waals surface area contributed by atoms with Crippen molar-refractivity contribution in [3.8, 4) is 5.75 Å². The number of aromatic nitrogens is 1. The van der Waals surface area contributed by atoms with Crippen molar-refractivity contribution >= 4 is 48.3 Å². The lowest BCUT2D eigenvalue weighted by Crippen LogP contribution is -2.33. The van der Waals surface area contributed by atoms with Gasteiger partial charge in [0.25, 0.3) is 15.9 Å². The third-order valence-corrected chi connectivity index (χ3v) is 7.96. The molecular formula is C26H28N4O4S2. The van der Waals surface area contributed by atoms with E-state index in [2.05, 4.69) is 14.6 Å². The number of methoxy groups -OCH3 is 1. The third-order valence-electron chi connectivity index (χ3n) is 5.50. The van der Waals surface area contributed by atoms with Gasteiger partial charge >= 0.3 is 0 Å². The maximum Gasteiger partial charge on any atom is 0.261 e. The Morgan fingerprint density at radius 3 is 2.31 bits per heavy atom. The Labute approximate surface area is 215 Å². The average molecular weight is 525 g/mol. The summed E-state index contributed by atoms with van der Waals surface area (Å²) >= 11 is 1.48. The molecule has 0 atom stereocenters. The number of rotatable bonds is 10. The van der Waals surface area contributed by atoms with Crippen molar-refractivity contribution < 1.29 is 17.9 Å². The largest absolute Gasteiger partial charge is 0.497 e. The molecule has 1 N–H and O–H groups in total. The first kappa shape index (κ1) is 25.6. The molecule has 0 aliphatic heterocycles. The zero-order valence-corrected chi connectivity index (χ0v) is 22.0. The molecule has 0 bridgehead atoms. The minimum atomic E-state index is -3.78. The molecule has 0 fully saturated rings. The van der Waals surface area contributed by atoms with E-state index in [-0.39, 0.29) is 10.8 Å². The van der Waals surface area contributed by atoms with Gasteiger partial charge in [0.1, 0.15) is 5.75 Å². The van der Waals surface area contributed by atoms with Crippen LogP contribution in [-0.4, -0.2) is 58.5 Å². The normalized spacial score (nSPS) is 11.6. The molecule has 0 saturated heterocycles. The molecular weight excluding hydrogens is 496 g/mol. The first-order chi connectivity index (χ1) is 17.3. The molecule has 1 aromatic heterocycles. The van der Waals surface area contributed by atoms with Crippen LogP contribution in [0.3, 0.4) is 0 Å². The van der Waals surface area contributed by atoms with Crippen molar-refractivity contribution in [3.05, 3.63) is 78.4 Å². The van der Waals surface area contributed by atoms with Gasteiger partial charge in [-0.05, 0) is 87.7 Å². The number of sulfonamides is 1. The van der Waals surface area contributed by atoms with Crippen LogP contribution >= 0.6 is 11.3 Å². The maximum atomic E-state index is 13.5. The SMILES string of the molecule is COc1ccc(S(=O)(=O)Nc2ccc(C(=O)N(CCCN(C)C)c3nc4ccccc4s3)cc2)cc1. The molecule has 188 valence electrons. The van der Waals surface area contributed by atoms with Crippen LogP contribution in [-0.2, 0) is 10.0 Å². The van der Waals surface area contributed by atoms with E-state index in [0.29, 0.717) is 28.7 Å². The van der Waals surface area contributed by atoms with Crippen molar-refractivity contribution in [1.29, 1.82) is 0 Å². The maximum absolute atomic E-state index is 13.5. The summed E-state index contributed by atoms with van der Waals surface area (Å²) in [6.07, 6.45) is 0.786. The number of hydrogen-bond acceptors (Lipinski definition) is 7. The standard InChI is InChI=1S/C26H28N4O4S2/c1-29(2)17-6-18-30(26-27-23-7-4-5-8-24(23)35-26)25(31)19-9-11-20(12-10-19)28-36(32,33)22-15-13-21(34-3)14-16-22/h4-5,7-16,28H,6,17-18H2,1-3H3. The smallest absolute Gasteiger partial charge is 0.261 e. The van der Waals surface area contributed by atoms with Crippen LogP contribution in [0.4, 0.5) is 10.8 Å². The van der Waals surface area contributed by atoms with Gasteiger partial charge in [0, 0.05) is 17.8 Å². The van der Waals surface area contributed by atoms with Crippen LogP contribution < -0.4 is 14.4 Å². The molecule has 0 aliphatic carbocycles. The minimum absolute atomic E-state index is 0.117. The lowest BCUT2D eigenvalue weighted by molar-refractivity contribution is 0.0986. The summed E-state index contributed by atoms with van der Waals surface area (Å²) in [5.74, 6) is 0.387. The number of nitrogens with one attached hydrogen (secondary N) is 1. The van der Waals surface area contributed by atoms with E-state index in [9.17, 15) is 13.2 Å². The van der Waals surface area contributed by atoms with Gasteiger partial charge < -0.3 is 9.64 Å². The summed E-state index contributed by atoms with van der Waals surface area (Å²) in [6.45, 7) is 1.35. The van der Waals surface area contributed by atoms with Crippen LogP contribution in [0.1, 0.15) is 16.8 Å². The van der Waals surface area contributed by atoms with Crippen LogP contribution in [0.15, 0.2) is 77.7 Å². The quantitative estimate of drug-likeness (QED) is 0.323. The fourth-order valence-corrected chi connectivity index (χ4v) is 5.66. The molecule has 3 aromatic carbocycles. The molecule has 0 radical (unpaired) electrons. The Bertz CT molecular complexity index is 1400. The van der Waals surface area contributed by atoms with E-state index in [1.807, 2.05) is 38.4 Å². The number of carbonyl (C=O) groups excluding carboxylic acids is 1. The number of fused-ring (bicyclic) bond motifs is 1. The molecule has 4 rings (SSSR count). The fraction of sp³-hybridized carbons (Fsp3) is 0.231. The lowest BCUT2D eigenvalue weighted by atomic mass is 10.2. The van der Waals surface area contributed by atoms with E-state index in [4.69, 9.17) is 4.74 Å². The highest BCUT2D eigenvalue weighted by Gasteiger charge is 2.22. The first-order valence-corrected chi connectivity index (χ1v) is 13.7. The van der Waals surface area contributed by atoms with E-state index in [0.717, 1.165) is 23.2 Å². The van der Waals surface area contributed by atoms with Crippen molar-refractivity contribution in [2.45, 2.75) is 11.3 Å². The van der Waals surface area contributed by atoms with Crippen LogP contribution in [0, 0.1) is 0 Å². The van der Waals surface area contributed by atoms with Gasteiger partial charge in [0.15, 0.2) is 5.13 Å². The Kier molecular flexibility index (Phi) is 7.88. The van der Waals surface area contributed by atoms with Crippen LogP contribution in [0.5, 0.6) is 5.75 Å². The van der Waals surface area contributed by atoms with Gasteiger partial charge in [-0.3, -0.25) is 14.4 Å². The average Bonchev–Trinajstić information content (AvgIpc) is 3.30. The van der Waals surface area contributed by atoms with E-state index >= 15 is 0 Å². The number of anilines is 2. The fourth-order valence-electron chi connectivity index (χ4n) is 3.61. The Hall–Kier alpha value is -3.47. The minimum Gasteiger partial charge on any atom is -0.497 e. The van der Waals surface area contributed by atoms with Crippen molar-refractivity contribution in [2.24, 2.45) is 0 Å². The van der Waals surface area contributed by atoms with Gasteiger partial charge in [-0.2, -0.15) is 0 Å². The Morgan fingerprint density at radius 1 is 0.972 bits per heavy atom. The monoisotopic (exact) mass is 524 g/mol. The molecule has 36 heavy (non-hydrogen) atoms. The van der Waals surface area contributed by atoms with Crippen LogP contribution in [0.2, 0.25) is 0 Å². The summed E-state index contributed by atoms with van der Waals surface area (Å²) in [5, 5.41) is 0.643. The van der Waals surface area contributed by atoms with Gasteiger partial charge in [0.05, 0.1) is 22.2 Å². The van der Waals surface area contributed by atoms with E-state index in [1.165, 1.54) is 30.6 Å². The lowest BCUT2D eigenvalue weighted by Gasteiger charge is -2.21. The number of thiazole rings is 1. The first-order valence-electron chi connectivity index (χ1n) is 11.4. The summed E-state index contributed by atoms with van der Waals surface area (Å²) in [4.78, 5) is 22.1. The molecule has 0 aliphatic rings. The summed E-state index contributed by atoms with van der Waals surface area (Å²) in [7, 11) is 1.73. The van der Waals surface area contributed by atoms with Crippen molar-refractivity contribution in [2.75, 3.05) is 43.9 Å². The molecule has 8 nitrogen and oxygen atoms in total. The number of nitrogens with zero attached hydrogens (tertiary/aromatic N) is 3. The summed E-state index contributed by atoms with van der Waals surface area (Å²) in [6, 6.07) is 20.3. The molecule has 10 heteroatoms. The van der Waals surface area contributed by atoms with E-state index in [1.54, 1.807) is 41.3 Å². The molecule has 4 aromatic rings. The number of hydrogen-bond donors (Lipinski definition) is 1. The molecule has 0 saturated carbocycles. The van der Waals surface area contributed by atoms with Crippen molar-refractivity contribution in [3.63, 3.8) is 0 Å². The number of amides is 1. The van der Waals surface area contributed by atoms with Gasteiger partial charge in [0.2, 0.25) is 0 Å². The second kappa shape index (κ2) is 11.1. The zero-order valence-electron chi connectivity index (χ0n) is 20.3. The highest BCUT2D eigenvalue weighted by Crippen LogP contribution is 2.30. The Morgan fingerprint density at radius 2 is 1.67 bits per heavy atom. The molecule has 0 unspecified atom stereocenters. The Balaban J connectivity index is 1.54. The number of para-hydroxylation sites is 1. The zero-order chi connectivity index (χ0) is 25.7. The predicted octanol–water partition coefficient (Wildman–Crippen LogP) is 4.70. The molecule has 1 heterocycles. The number of ether oxygens (including phenoxy) is 1. The molecule has 0 spiro atoms. The second-order valence-electron chi connectivity index (χ2n) is 8.44. The highest BCUT2D eigenvalue weighted by molar-refractivity contribution is 7.92.